The summed E-state index contributed by atoms with van der Waals surface area (Å²) in [6.45, 7) is 17.4. The van der Waals surface area contributed by atoms with Gasteiger partial charge in [-0.05, 0) is 86.3 Å². The number of aromatic amines is 1. The molecule has 9 heteroatoms. The molecule has 8 nitrogen and oxygen atoms in total. The first kappa shape index (κ1) is 35.5. The number of H-pyrrole nitrogens is 1. The summed E-state index contributed by atoms with van der Waals surface area (Å²) in [7, 11) is -2.38. The van der Waals surface area contributed by atoms with Crippen LogP contribution >= 0.6 is 0 Å². The zero-order valence-electron chi connectivity index (χ0n) is 28.8. The van der Waals surface area contributed by atoms with E-state index in [1.54, 1.807) is 23.1 Å². The highest BCUT2D eigenvalue weighted by Gasteiger charge is 2.41. The van der Waals surface area contributed by atoms with Gasteiger partial charge in [-0.25, -0.2) is 4.79 Å². The molecule has 1 amide bonds. The molecule has 0 saturated heterocycles. The number of nitriles is 1. The lowest BCUT2D eigenvalue weighted by Gasteiger charge is -2.41. The van der Waals surface area contributed by atoms with Crippen LogP contribution in [0.3, 0.4) is 0 Å². The average Bonchev–Trinajstić information content (AvgIpc) is 3.00. The van der Waals surface area contributed by atoms with Gasteiger partial charge in [0.2, 0.25) is 5.56 Å². The Hall–Kier alpha value is -4.39. The first-order chi connectivity index (χ1) is 22.1. The first-order valence-electron chi connectivity index (χ1n) is 16.0. The summed E-state index contributed by atoms with van der Waals surface area (Å²) in [6.07, 6.45) is -0.394. The van der Waals surface area contributed by atoms with Gasteiger partial charge in [-0.1, -0.05) is 69.3 Å². The van der Waals surface area contributed by atoms with Gasteiger partial charge >= 0.3 is 6.09 Å². The maximum atomic E-state index is 13.7. The highest BCUT2D eigenvalue weighted by molar-refractivity contribution is 6.74. The number of fused-ring (bicyclic) bond motifs is 1. The molecule has 3 aromatic carbocycles. The standard InChI is InChI=1S/C38H47N3O5Si/c1-37(2,3)45-36(43)41(23-22-27-14-16-28(24-39)17-15-27)25-33(46-47(7,8)38(4,5)6)30-18-20-32(35-31(30)19-21-34(42)40-35)44-26-29-12-10-9-11-13-29/h9-21,33H,22-23,25-26H2,1-8H3,(H,40,42)/t33-/m0/s1. The molecule has 1 heterocycles. The Morgan fingerprint density at radius 1 is 0.915 bits per heavy atom. The maximum absolute atomic E-state index is 13.7. The minimum atomic E-state index is -2.38. The van der Waals surface area contributed by atoms with E-state index in [0.29, 0.717) is 36.4 Å². The molecule has 0 unspecified atom stereocenters. The molecule has 4 aromatic rings. The molecule has 0 saturated carbocycles. The van der Waals surface area contributed by atoms with Crippen molar-refractivity contribution >= 4 is 25.3 Å². The molecule has 0 radical (unpaired) electrons. The van der Waals surface area contributed by atoms with E-state index in [9.17, 15) is 14.9 Å². The van der Waals surface area contributed by atoms with E-state index < -0.39 is 26.1 Å². The highest BCUT2D eigenvalue weighted by atomic mass is 28.4. The summed E-state index contributed by atoms with van der Waals surface area (Å²) in [5.74, 6) is 0.557. The molecule has 4 rings (SSSR count). The Balaban J connectivity index is 1.76. The predicted molar refractivity (Wildman–Crippen MR) is 189 cm³/mol. The zero-order chi connectivity index (χ0) is 34.4. The number of aromatic nitrogens is 1. The quantitative estimate of drug-likeness (QED) is 0.163. The number of nitrogens with zero attached hydrogens (tertiary/aromatic N) is 2. The van der Waals surface area contributed by atoms with E-state index in [1.807, 2.05) is 75.4 Å². The molecule has 0 aliphatic carbocycles. The molecule has 0 spiro atoms. The van der Waals surface area contributed by atoms with Gasteiger partial charge in [-0.3, -0.25) is 4.79 Å². The number of nitrogens with one attached hydrogen (secondary N) is 1. The average molecular weight is 654 g/mol. The van der Waals surface area contributed by atoms with Gasteiger partial charge in [-0.2, -0.15) is 5.26 Å². The second kappa shape index (κ2) is 14.6. The van der Waals surface area contributed by atoms with Crippen LogP contribution in [0.4, 0.5) is 4.79 Å². The Kier molecular flexibility index (Phi) is 11.0. The molecule has 0 aliphatic rings. The number of hydrogen-bond acceptors (Lipinski definition) is 6. The van der Waals surface area contributed by atoms with Gasteiger partial charge in [0.15, 0.2) is 8.32 Å². The summed E-state index contributed by atoms with van der Waals surface area (Å²) in [6, 6.07) is 26.6. The largest absolute Gasteiger partial charge is 0.487 e. The summed E-state index contributed by atoms with van der Waals surface area (Å²) in [5.41, 5.74) is 3.10. The lowest BCUT2D eigenvalue weighted by Crippen LogP contribution is -2.46. The number of rotatable bonds is 11. The minimum Gasteiger partial charge on any atom is -0.487 e. The van der Waals surface area contributed by atoms with Crippen LogP contribution in [-0.2, 0) is 22.2 Å². The third kappa shape index (κ3) is 9.56. The number of pyridine rings is 1. The number of carbonyl (C=O) groups excluding carboxylic acids is 1. The third-order valence-electron chi connectivity index (χ3n) is 8.51. The van der Waals surface area contributed by atoms with Crippen molar-refractivity contribution in [3.05, 3.63) is 111 Å². The first-order valence-corrected chi connectivity index (χ1v) is 18.9. The monoisotopic (exact) mass is 653 g/mol. The van der Waals surface area contributed by atoms with Crippen LogP contribution in [0.2, 0.25) is 18.1 Å². The van der Waals surface area contributed by atoms with Crippen molar-refractivity contribution in [2.45, 2.75) is 84.4 Å². The van der Waals surface area contributed by atoms with Crippen LogP contribution in [0, 0.1) is 11.3 Å². The second-order valence-electron chi connectivity index (χ2n) is 14.4. The van der Waals surface area contributed by atoms with Crippen LogP contribution in [0.1, 0.15) is 69.9 Å². The normalized spacial score (nSPS) is 12.7. The summed E-state index contributed by atoms with van der Waals surface area (Å²) < 4.78 is 19.2. The number of hydrogen-bond donors (Lipinski definition) is 1. The van der Waals surface area contributed by atoms with E-state index in [-0.39, 0.29) is 17.1 Å². The minimum absolute atomic E-state index is 0.104. The van der Waals surface area contributed by atoms with Crippen LogP contribution < -0.4 is 10.3 Å². The van der Waals surface area contributed by atoms with Crippen molar-refractivity contribution in [1.82, 2.24) is 9.88 Å². The number of ether oxygens (including phenoxy) is 2. The van der Waals surface area contributed by atoms with Gasteiger partial charge in [0.05, 0.1) is 29.8 Å². The fourth-order valence-corrected chi connectivity index (χ4v) is 6.18. The highest BCUT2D eigenvalue weighted by Crippen LogP contribution is 2.42. The predicted octanol–water partition coefficient (Wildman–Crippen LogP) is 8.52. The Labute approximate surface area is 279 Å². The number of amides is 1. The lowest BCUT2D eigenvalue weighted by atomic mass is 10.0. The van der Waals surface area contributed by atoms with Gasteiger partial charge in [0, 0.05) is 18.0 Å². The molecule has 1 N–H and O–H groups in total. The van der Waals surface area contributed by atoms with Crippen molar-refractivity contribution in [1.29, 1.82) is 5.26 Å². The summed E-state index contributed by atoms with van der Waals surface area (Å²) >= 11 is 0. The smallest absolute Gasteiger partial charge is 0.410 e. The van der Waals surface area contributed by atoms with Gasteiger partial charge < -0.3 is 23.8 Å². The fraction of sp³-hybridized carbons (Fsp3) is 0.395. The van der Waals surface area contributed by atoms with E-state index >= 15 is 0 Å². The third-order valence-corrected chi connectivity index (χ3v) is 13.0. The van der Waals surface area contributed by atoms with E-state index in [4.69, 9.17) is 13.9 Å². The second-order valence-corrected chi connectivity index (χ2v) is 19.1. The Bertz CT molecular complexity index is 1760. The van der Waals surface area contributed by atoms with Crippen molar-refractivity contribution < 1.29 is 18.7 Å². The molecular weight excluding hydrogens is 607 g/mol. The topological polar surface area (TPSA) is 105 Å². The molecule has 0 fully saturated rings. The molecule has 0 bridgehead atoms. The molecular formula is C38H47N3O5Si. The number of carbonyl (C=O) groups is 1. The SMILES string of the molecule is CC(C)(C)OC(=O)N(CCc1ccc(C#N)cc1)C[C@H](O[Si](C)(C)C(C)(C)C)c1ccc(OCc2ccccc2)c2[nH]c(=O)ccc12. The van der Waals surface area contributed by atoms with Gasteiger partial charge in [0.25, 0.3) is 0 Å². The van der Waals surface area contributed by atoms with Crippen molar-refractivity contribution in [3.8, 4) is 11.8 Å². The van der Waals surface area contributed by atoms with Gasteiger partial charge in [-0.15, -0.1) is 0 Å². The van der Waals surface area contributed by atoms with Crippen molar-refractivity contribution in [2.24, 2.45) is 0 Å². The fourth-order valence-electron chi connectivity index (χ4n) is 4.91. The van der Waals surface area contributed by atoms with Crippen LogP contribution in [0.15, 0.2) is 83.7 Å². The van der Waals surface area contributed by atoms with E-state index in [0.717, 1.165) is 22.1 Å². The van der Waals surface area contributed by atoms with Crippen molar-refractivity contribution in [2.75, 3.05) is 13.1 Å². The van der Waals surface area contributed by atoms with Crippen molar-refractivity contribution in [3.63, 3.8) is 0 Å². The van der Waals surface area contributed by atoms with Crippen LogP contribution in [-0.4, -0.2) is 43.0 Å². The Morgan fingerprint density at radius 3 is 2.21 bits per heavy atom. The summed E-state index contributed by atoms with van der Waals surface area (Å²) in [5, 5.41) is 9.90. The van der Waals surface area contributed by atoms with Gasteiger partial charge in [0.1, 0.15) is 18.0 Å². The molecule has 1 aromatic heterocycles. The molecule has 0 aliphatic heterocycles. The maximum Gasteiger partial charge on any atom is 0.410 e. The van der Waals surface area contributed by atoms with Crippen LogP contribution in [0.25, 0.3) is 10.9 Å². The lowest BCUT2D eigenvalue weighted by molar-refractivity contribution is 0.0160. The Morgan fingerprint density at radius 2 is 1.60 bits per heavy atom. The molecule has 1 atom stereocenters. The molecule has 47 heavy (non-hydrogen) atoms. The van der Waals surface area contributed by atoms with E-state index in [1.165, 1.54) is 6.07 Å². The number of benzene rings is 3. The summed E-state index contributed by atoms with van der Waals surface area (Å²) in [4.78, 5) is 31.0. The zero-order valence-corrected chi connectivity index (χ0v) is 29.8. The van der Waals surface area contributed by atoms with E-state index in [2.05, 4.69) is 44.9 Å². The molecule has 248 valence electrons. The van der Waals surface area contributed by atoms with Crippen LogP contribution in [0.5, 0.6) is 5.75 Å².